The van der Waals surface area contributed by atoms with E-state index in [0.29, 0.717) is 12.2 Å². The van der Waals surface area contributed by atoms with Gasteiger partial charge in [0.05, 0.1) is 11.9 Å². The molecule has 2 N–H and O–H groups in total. The molecule has 1 saturated heterocycles. The standard InChI is InChI=1S/C23H31N5O2/c1-17-6-8-18(9-7-17)21(29)28-13-5-12-27(14-15-28)20-11-10-19(16-24-20)25-22(30)26-23(2,3)4/h6-11,16H,5,12-15H2,1-4H3,(H2,25,26,30). The number of nitrogens with one attached hydrogen (secondary N) is 2. The van der Waals surface area contributed by atoms with Crippen molar-refractivity contribution in [3.8, 4) is 0 Å². The highest BCUT2D eigenvalue weighted by Crippen LogP contribution is 2.18. The molecule has 0 aliphatic carbocycles. The summed E-state index contributed by atoms with van der Waals surface area (Å²) in [5.41, 5.74) is 2.22. The van der Waals surface area contributed by atoms with Crippen LogP contribution in [0, 0.1) is 6.92 Å². The molecule has 0 unspecified atom stereocenters. The number of carbonyl (C=O) groups excluding carboxylic acids is 2. The number of benzene rings is 1. The molecule has 1 aromatic heterocycles. The third kappa shape index (κ3) is 5.95. The Hall–Kier alpha value is -3.09. The second-order valence-corrected chi connectivity index (χ2v) is 8.73. The van der Waals surface area contributed by atoms with Gasteiger partial charge in [0, 0.05) is 37.3 Å². The zero-order valence-corrected chi connectivity index (χ0v) is 18.2. The number of carbonyl (C=O) groups is 2. The third-order valence-electron chi connectivity index (χ3n) is 4.90. The van der Waals surface area contributed by atoms with E-state index >= 15 is 0 Å². The largest absolute Gasteiger partial charge is 0.355 e. The Morgan fingerprint density at radius 2 is 1.70 bits per heavy atom. The van der Waals surface area contributed by atoms with Crippen molar-refractivity contribution in [1.29, 1.82) is 0 Å². The van der Waals surface area contributed by atoms with E-state index in [1.165, 1.54) is 0 Å². The first-order valence-corrected chi connectivity index (χ1v) is 10.4. The molecule has 1 fully saturated rings. The van der Waals surface area contributed by atoms with Crippen molar-refractivity contribution in [3.05, 3.63) is 53.7 Å². The molecule has 0 atom stereocenters. The van der Waals surface area contributed by atoms with E-state index in [9.17, 15) is 9.59 Å². The predicted molar refractivity (Wildman–Crippen MR) is 120 cm³/mol. The number of aryl methyl sites for hydroxylation is 1. The lowest BCUT2D eigenvalue weighted by molar-refractivity contribution is 0.0767. The summed E-state index contributed by atoms with van der Waals surface area (Å²) < 4.78 is 0. The van der Waals surface area contributed by atoms with Crippen LogP contribution < -0.4 is 15.5 Å². The van der Waals surface area contributed by atoms with Gasteiger partial charge in [0.25, 0.3) is 5.91 Å². The molecule has 7 heteroatoms. The molecule has 7 nitrogen and oxygen atoms in total. The first kappa shape index (κ1) is 21.6. The van der Waals surface area contributed by atoms with Crippen molar-refractivity contribution >= 4 is 23.4 Å². The smallest absolute Gasteiger partial charge is 0.319 e. The van der Waals surface area contributed by atoms with Crippen LogP contribution in [0.25, 0.3) is 0 Å². The van der Waals surface area contributed by atoms with E-state index in [1.807, 2.05) is 69.0 Å². The maximum Gasteiger partial charge on any atom is 0.319 e. The van der Waals surface area contributed by atoms with E-state index in [2.05, 4.69) is 20.5 Å². The average Bonchev–Trinajstić information content (AvgIpc) is 2.93. The summed E-state index contributed by atoms with van der Waals surface area (Å²) in [5.74, 6) is 0.927. The molecule has 1 aliphatic rings. The van der Waals surface area contributed by atoms with Crippen molar-refractivity contribution in [1.82, 2.24) is 15.2 Å². The van der Waals surface area contributed by atoms with Gasteiger partial charge >= 0.3 is 6.03 Å². The number of rotatable bonds is 3. The summed E-state index contributed by atoms with van der Waals surface area (Å²) in [7, 11) is 0. The maximum absolute atomic E-state index is 12.8. The molecule has 0 bridgehead atoms. The van der Waals surface area contributed by atoms with Gasteiger partial charge in [0.15, 0.2) is 0 Å². The molecule has 2 aromatic rings. The van der Waals surface area contributed by atoms with Crippen molar-refractivity contribution in [3.63, 3.8) is 0 Å². The Morgan fingerprint density at radius 1 is 0.967 bits per heavy atom. The zero-order valence-electron chi connectivity index (χ0n) is 18.2. The van der Waals surface area contributed by atoms with Crippen molar-refractivity contribution in [2.24, 2.45) is 0 Å². The number of pyridine rings is 1. The third-order valence-corrected chi connectivity index (χ3v) is 4.90. The fraction of sp³-hybridized carbons (Fsp3) is 0.435. The summed E-state index contributed by atoms with van der Waals surface area (Å²) in [6, 6.07) is 11.2. The minimum Gasteiger partial charge on any atom is -0.355 e. The van der Waals surface area contributed by atoms with Crippen LogP contribution in [0.5, 0.6) is 0 Å². The summed E-state index contributed by atoms with van der Waals surface area (Å²) in [6.07, 6.45) is 2.55. The van der Waals surface area contributed by atoms with Gasteiger partial charge in [-0.15, -0.1) is 0 Å². The second-order valence-electron chi connectivity index (χ2n) is 8.73. The first-order valence-electron chi connectivity index (χ1n) is 10.4. The number of urea groups is 1. The van der Waals surface area contributed by atoms with E-state index in [-0.39, 0.29) is 17.5 Å². The number of hydrogen-bond acceptors (Lipinski definition) is 4. The lowest BCUT2D eigenvalue weighted by atomic mass is 10.1. The van der Waals surface area contributed by atoms with Crippen LogP contribution in [-0.4, -0.2) is 53.5 Å². The summed E-state index contributed by atoms with van der Waals surface area (Å²) in [4.78, 5) is 33.4. The normalized spacial score (nSPS) is 14.8. The number of aromatic nitrogens is 1. The quantitative estimate of drug-likeness (QED) is 0.811. The van der Waals surface area contributed by atoms with Gasteiger partial charge in [-0.1, -0.05) is 17.7 Å². The maximum atomic E-state index is 12.8. The molecule has 0 spiro atoms. The van der Waals surface area contributed by atoms with Crippen molar-refractivity contribution in [2.45, 2.75) is 39.7 Å². The Kier molecular flexibility index (Phi) is 6.59. The highest BCUT2D eigenvalue weighted by molar-refractivity contribution is 5.94. The van der Waals surface area contributed by atoms with Crippen molar-refractivity contribution < 1.29 is 9.59 Å². The van der Waals surface area contributed by atoms with Gasteiger partial charge in [-0.2, -0.15) is 0 Å². The van der Waals surface area contributed by atoms with E-state index in [0.717, 1.165) is 43.0 Å². The Morgan fingerprint density at radius 3 is 2.33 bits per heavy atom. The van der Waals surface area contributed by atoms with Crippen LogP contribution in [0.4, 0.5) is 16.3 Å². The molecule has 30 heavy (non-hydrogen) atoms. The molecular weight excluding hydrogens is 378 g/mol. The van der Waals surface area contributed by atoms with Crippen LogP contribution in [-0.2, 0) is 0 Å². The molecule has 3 amide bonds. The fourth-order valence-corrected chi connectivity index (χ4v) is 3.38. The predicted octanol–water partition coefficient (Wildman–Crippen LogP) is 3.66. The Bertz CT molecular complexity index is 872. The Labute approximate surface area is 178 Å². The summed E-state index contributed by atoms with van der Waals surface area (Å²) in [6.45, 7) is 10.8. The second kappa shape index (κ2) is 9.15. The molecule has 160 valence electrons. The number of amides is 3. The van der Waals surface area contributed by atoms with E-state index < -0.39 is 0 Å². The Balaban J connectivity index is 1.58. The first-order chi connectivity index (χ1) is 14.2. The molecule has 1 aliphatic heterocycles. The lowest BCUT2D eigenvalue weighted by Gasteiger charge is -2.23. The molecule has 0 saturated carbocycles. The monoisotopic (exact) mass is 409 g/mol. The van der Waals surface area contributed by atoms with Gasteiger partial charge in [-0.3, -0.25) is 4.79 Å². The minimum atomic E-state index is -0.300. The van der Waals surface area contributed by atoms with Gasteiger partial charge in [-0.05, 0) is 58.4 Å². The van der Waals surface area contributed by atoms with Gasteiger partial charge in [-0.25, -0.2) is 9.78 Å². The minimum absolute atomic E-state index is 0.0780. The highest BCUT2D eigenvalue weighted by atomic mass is 16.2. The number of anilines is 2. The lowest BCUT2D eigenvalue weighted by Crippen LogP contribution is -2.43. The number of nitrogens with zero attached hydrogens (tertiary/aromatic N) is 3. The fourth-order valence-electron chi connectivity index (χ4n) is 3.38. The number of hydrogen-bond donors (Lipinski definition) is 2. The summed E-state index contributed by atoms with van der Waals surface area (Å²) >= 11 is 0. The zero-order chi connectivity index (χ0) is 21.7. The molecule has 0 radical (unpaired) electrons. The van der Waals surface area contributed by atoms with Crippen molar-refractivity contribution in [2.75, 3.05) is 36.4 Å². The van der Waals surface area contributed by atoms with Crippen LogP contribution in [0.15, 0.2) is 42.6 Å². The van der Waals surface area contributed by atoms with Gasteiger partial charge < -0.3 is 20.4 Å². The highest BCUT2D eigenvalue weighted by Gasteiger charge is 2.21. The molecule has 2 heterocycles. The van der Waals surface area contributed by atoms with Gasteiger partial charge in [0.1, 0.15) is 5.82 Å². The van der Waals surface area contributed by atoms with Crippen LogP contribution >= 0.6 is 0 Å². The molecule has 1 aromatic carbocycles. The van der Waals surface area contributed by atoms with E-state index in [1.54, 1.807) is 6.20 Å². The van der Waals surface area contributed by atoms with Crippen LogP contribution in [0.3, 0.4) is 0 Å². The van der Waals surface area contributed by atoms with Crippen LogP contribution in [0.2, 0.25) is 0 Å². The van der Waals surface area contributed by atoms with E-state index in [4.69, 9.17) is 0 Å². The van der Waals surface area contributed by atoms with Crippen LogP contribution in [0.1, 0.15) is 43.1 Å². The topological polar surface area (TPSA) is 77.6 Å². The average molecular weight is 410 g/mol. The summed E-state index contributed by atoms with van der Waals surface area (Å²) in [5, 5.41) is 5.66. The molecule has 3 rings (SSSR count). The molecular formula is C23H31N5O2. The van der Waals surface area contributed by atoms with Gasteiger partial charge in [0.2, 0.25) is 0 Å². The SMILES string of the molecule is Cc1ccc(C(=O)N2CCCN(c3ccc(NC(=O)NC(C)(C)C)cn3)CC2)cc1.